The first kappa shape index (κ1) is 13.7. The van der Waals surface area contributed by atoms with E-state index in [9.17, 15) is 0 Å². The van der Waals surface area contributed by atoms with E-state index in [4.69, 9.17) is 0 Å². The van der Waals surface area contributed by atoms with Crippen LogP contribution in [0.4, 0.5) is 0 Å². The van der Waals surface area contributed by atoms with E-state index in [0.717, 1.165) is 36.2 Å². The van der Waals surface area contributed by atoms with Gasteiger partial charge in [-0.1, -0.05) is 0 Å². The van der Waals surface area contributed by atoms with Crippen molar-refractivity contribution < 1.29 is 0 Å². The fourth-order valence-electron chi connectivity index (χ4n) is 2.81. The van der Waals surface area contributed by atoms with E-state index < -0.39 is 0 Å². The van der Waals surface area contributed by atoms with Crippen LogP contribution in [0.15, 0.2) is 5.38 Å². The number of aryl methyl sites for hydroxylation is 2. The smallest absolute Gasteiger partial charge is 0.155 e. The van der Waals surface area contributed by atoms with Crippen LogP contribution in [0.5, 0.6) is 0 Å². The van der Waals surface area contributed by atoms with Crippen molar-refractivity contribution in [3.63, 3.8) is 0 Å². The van der Waals surface area contributed by atoms with E-state index in [2.05, 4.69) is 37.4 Å². The highest BCUT2D eigenvalue weighted by atomic mass is 32.1. The van der Waals surface area contributed by atoms with Gasteiger partial charge in [0.15, 0.2) is 5.82 Å². The molecule has 0 spiro atoms. The Morgan fingerprint density at radius 3 is 3.00 bits per heavy atom. The lowest BCUT2D eigenvalue weighted by atomic mass is 9.97. The zero-order valence-corrected chi connectivity index (χ0v) is 12.9. The molecule has 0 saturated carbocycles. The normalized spacial score (nSPS) is 20.4. The van der Waals surface area contributed by atoms with Crippen LogP contribution in [-0.4, -0.2) is 44.7 Å². The number of H-pyrrole nitrogens is 1. The average Bonchev–Trinajstić information content (AvgIpc) is 3.06. The second-order valence-corrected chi connectivity index (χ2v) is 6.59. The average molecular weight is 291 g/mol. The van der Waals surface area contributed by atoms with Crippen molar-refractivity contribution in [2.45, 2.75) is 39.0 Å². The summed E-state index contributed by atoms with van der Waals surface area (Å²) in [5.41, 5.74) is 1.23. The predicted molar refractivity (Wildman–Crippen MR) is 80.1 cm³/mol. The maximum atomic E-state index is 4.54. The summed E-state index contributed by atoms with van der Waals surface area (Å²) in [6.07, 6.45) is 3.47. The molecule has 1 saturated heterocycles. The molecule has 108 valence electrons. The Morgan fingerprint density at radius 2 is 2.30 bits per heavy atom. The second kappa shape index (κ2) is 6.01. The Bertz CT molecular complexity index is 561. The van der Waals surface area contributed by atoms with Crippen molar-refractivity contribution in [1.82, 2.24) is 25.1 Å². The summed E-state index contributed by atoms with van der Waals surface area (Å²) in [5, 5.41) is 10.6. The van der Waals surface area contributed by atoms with Crippen LogP contribution in [0.1, 0.15) is 41.1 Å². The highest BCUT2D eigenvalue weighted by Crippen LogP contribution is 2.24. The maximum Gasteiger partial charge on any atom is 0.155 e. The molecule has 0 unspecified atom stereocenters. The lowest BCUT2D eigenvalue weighted by Crippen LogP contribution is -2.36. The largest absolute Gasteiger partial charge is 0.302 e. The second-order valence-electron chi connectivity index (χ2n) is 5.53. The molecule has 6 heteroatoms. The molecule has 0 bridgehead atoms. The van der Waals surface area contributed by atoms with E-state index in [1.807, 2.05) is 6.92 Å². The van der Waals surface area contributed by atoms with Crippen LogP contribution in [-0.2, 0) is 6.42 Å². The van der Waals surface area contributed by atoms with Crippen molar-refractivity contribution in [1.29, 1.82) is 0 Å². The van der Waals surface area contributed by atoms with Gasteiger partial charge < -0.3 is 4.90 Å². The summed E-state index contributed by atoms with van der Waals surface area (Å²) >= 11 is 1.74. The van der Waals surface area contributed by atoms with Crippen LogP contribution < -0.4 is 0 Å². The number of aromatic amines is 1. The molecule has 1 fully saturated rings. The summed E-state index contributed by atoms with van der Waals surface area (Å²) < 4.78 is 0. The minimum Gasteiger partial charge on any atom is -0.302 e. The molecule has 0 amide bonds. The first-order valence-corrected chi connectivity index (χ1v) is 8.11. The number of aromatic nitrogens is 4. The van der Waals surface area contributed by atoms with Crippen molar-refractivity contribution in [2.75, 3.05) is 19.6 Å². The van der Waals surface area contributed by atoms with Gasteiger partial charge in [-0.3, -0.25) is 5.10 Å². The molecule has 0 radical (unpaired) electrons. The van der Waals surface area contributed by atoms with E-state index in [-0.39, 0.29) is 0 Å². The van der Waals surface area contributed by atoms with Gasteiger partial charge in [0.2, 0.25) is 0 Å². The number of piperidine rings is 1. The minimum atomic E-state index is 0.478. The van der Waals surface area contributed by atoms with Crippen LogP contribution in [0.3, 0.4) is 0 Å². The van der Waals surface area contributed by atoms with Crippen molar-refractivity contribution in [3.05, 3.63) is 27.7 Å². The molecule has 20 heavy (non-hydrogen) atoms. The third-order valence-corrected chi connectivity index (χ3v) is 4.66. The first-order valence-electron chi connectivity index (χ1n) is 7.23. The molecule has 0 aliphatic carbocycles. The summed E-state index contributed by atoms with van der Waals surface area (Å²) in [4.78, 5) is 11.5. The van der Waals surface area contributed by atoms with E-state index in [1.54, 1.807) is 11.3 Å². The number of nitrogens with one attached hydrogen (secondary N) is 1. The van der Waals surface area contributed by atoms with Crippen LogP contribution in [0, 0.1) is 13.8 Å². The van der Waals surface area contributed by atoms with Gasteiger partial charge in [0, 0.05) is 30.8 Å². The Kier molecular flexibility index (Phi) is 4.12. The van der Waals surface area contributed by atoms with Crippen LogP contribution in [0.2, 0.25) is 0 Å². The monoisotopic (exact) mass is 291 g/mol. The Labute approximate surface area is 123 Å². The predicted octanol–water partition coefficient (Wildman–Crippen LogP) is 2.30. The van der Waals surface area contributed by atoms with E-state index in [1.165, 1.54) is 25.1 Å². The summed E-state index contributed by atoms with van der Waals surface area (Å²) in [6, 6.07) is 0. The Hall–Kier alpha value is -1.27. The minimum absolute atomic E-state index is 0.478. The van der Waals surface area contributed by atoms with Crippen molar-refractivity contribution >= 4 is 11.3 Å². The Balaban J connectivity index is 1.55. The van der Waals surface area contributed by atoms with Gasteiger partial charge in [-0.2, -0.15) is 5.10 Å². The number of hydrogen-bond acceptors (Lipinski definition) is 5. The Morgan fingerprint density at radius 1 is 1.40 bits per heavy atom. The lowest BCUT2D eigenvalue weighted by molar-refractivity contribution is 0.206. The molecule has 1 aliphatic heterocycles. The van der Waals surface area contributed by atoms with Gasteiger partial charge in [0.1, 0.15) is 5.82 Å². The molecule has 2 aromatic rings. The molecule has 3 heterocycles. The third-order valence-electron chi connectivity index (χ3n) is 3.84. The van der Waals surface area contributed by atoms with Gasteiger partial charge in [0.05, 0.1) is 10.7 Å². The zero-order valence-electron chi connectivity index (χ0n) is 12.1. The maximum absolute atomic E-state index is 4.54. The molecule has 1 aliphatic rings. The fourth-order valence-corrected chi connectivity index (χ4v) is 3.45. The summed E-state index contributed by atoms with van der Waals surface area (Å²) in [5.74, 6) is 2.37. The standard InChI is InChI=1S/C14H21N5S/c1-10-15-14(18-17-10)12-4-3-6-19(8-12)7-5-13-9-20-11(2)16-13/h9,12H,3-8H2,1-2H3,(H,15,17,18)/t12-/m1/s1. The van der Waals surface area contributed by atoms with E-state index >= 15 is 0 Å². The molecule has 1 atom stereocenters. The molecular weight excluding hydrogens is 270 g/mol. The SMILES string of the molecule is Cc1nc([C@@H]2CCCN(CCc3csc(C)n3)C2)n[nH]1. The summed E-state index contributed by atoms with van der Waals surface area (Å²) in [6.45, 7) is 7.37. The van der Waals surface area contributed by atoms with Crippen LogP contribution >= 0.6 is 11.3 Å². The lowest BCUT2D eigenvalue weighted by Gasteiger charge is -2.31. The first-order chi connectivity index (χ1) is 9.70. The number of nitrogens with zero attached hydrogens (tertiary/aromatic N) is 4. The van der Waals surface area contributed by atoms with Gasteiger partial charge in [0.25, 0.3) is 0 Å². The number of rotatable bonds is 4. The van der Waals surface area contributed by atoms with Crippen molar-refractivity contribution in [2.24, 2.45) is 0 Å². The fraction of sp³-hybridized carbons (Fsp3) is 0.643. The molecular formula is C14H21N5S. The van der Waals surface area contributed by atoms with Gasteiger partial charge >= 0.3 is 0 Å². The number of thiazole rings is 1. The molecule has 1 N–H and O–H groups in total. The molecule has 2 aromatic heterocycles. The van der Waals surface area contributed by atoms with Gasteiger partial charge in [-0.15, -0.1) is 11.3 Å². The molecule has 0 aromatic carbocycles. The highest BCUT2D eigenvalue weighted by Gasteiger charge is 2.24. The topological polar surface area (TPSA) is 57.7 Å². The van der Waals surface area contributed by atoms with Crippen LogP contribution in [0.25, 0.3) is 0 Å². The quantitative estimate of drug-likeness (QED) is 0.939. The van der Waals surface area contributed by atoms with E-state index in [0.29, 0.717) is 5.92 Å². The third kappa shape index (κ3) is 3.24. The van der Waals surface area contributed by atoms with Gasteiger partial charge in [-0.25, -0.2) is 9.97 Å². The molecule has 3 rings (SSSR count). The van der Waals surface area contributed by atoms with Gasteiger partial charge in [-0.05, 0) is 33.2 Å². The number of likely N-dealkylation sites (tertiary alicyclic amines) is 1. The number of hydrogen-bond donors (Lipinski definition) is 1. The molecule has 5 nitrogen and oxygen atoms in total. The zero-order chi connectivity index (χ0) is 13.9. The highest BCUT2D eigenvalue weighted by molar-refractivity contribution is 7.09. The van der Waals surface area contributed by atoms with Crippen molar-refractivity contribution in [3.8, 4) is 0 Å². The summed E-state index contributed by atoms with van der Waals surface area (Å²) in [7, 11) is 0.